The minimum Gasteiger partial charge on any atom is -0.496 e. The summed E-state index contributed by atoms with van der Waals surface area (Å²) in [5.74, 6) is 0.821. The molecule has 0 unspecified atom stereocenters. The molecule has 0 aliphatic heterocycles. The summed E-state index contributed by atoms with van der Waals surface area (Å²) >= 11 is 0. The highest BCUT2D eigenvalue weighted by Gasteiger charge is 2.14. The fraction of sp³-hybridized carbons (Fsp3) is 0.286. The van der Waals surface area contributed by atoms with Gasteiger partial charge in [-0.25, -0.2) is 9.97 Å². The normalized spacial score (nSPS) is 10.8. The minimum absolute atomic E-state index is 0.0261. The zero-order chi connectivity index (χ0) is 18.7. The average molecular weight is 349 g/mol. The number of para-hydroxylation sites is 1. The lowest BCUT2D eigenvalue weighted by atomic mass is 10.1. The van der Waals surface area contributed by atoms with Gasteiger partial charge in [-0.15, -0.1) is 0 Å². The third-order valence-corrected chi connectivity index (χ3v) is 4.58. The molecule has 5 heteroatoms. The number of hydrogen-bond acceptors (Lipinski definition) is 4. The maximum atomic E-state index is 12.8. The number of nitrogens with zero attached hydrogens (tertiary/aromatic N) is 3. The summed E-state index contributed by atoms with van der Waals surface area (Å²) in [6.07, 6.45) is 0.734. The highest BCUT2D eigenvalue weighted by molar-refractivity contribution is 5.97. The minimum atomic E-state index is -0.0261. The van der Waals surface area contributed by atoms with Crippen LogP contribution in [0.25, 0.3) is 11.0 Å². The van der Waals surface area contributed by atoms with Crippen LogP contribution in [0.4, 0.5) is 0 Å². The highest BCUT2D eigenvalue weighted by atomic mass is 16.5. The molecule has 134 valence electrons. The van der Waals surface area contributed by atoms with Crippen LogP contribution in [0.2, 0.25) is 0 Å². The summed E-state index contributed by atoms with van der Waals surface area (Å²) < 4.78 is 5.37. The van der Waals surface area contributed by atoms with Crippen molar-refractivity contribution in [1.82, 2.24) is 14.9 Å². The number of carbonyl (C=O) groups excluding carboxylic acids is 1. The van der Waals surface area contributed by atoms with Crippen LogP contribution in [0.15, 0.2) is 42.5 Å². The molecule has 1 heterocycles. The van der Waals surface area contributed by atoms with Gasteiger partial charge >= 0.3 is 0 Å². The van der Waals surface area contributed by atoms with E-state index in [0.29, 0.717) is 12.1 Å². The standard InChI is InChI=1S/C21H23N3O2/c1-14-15(2)23-19-13-17(9-10-18(19)22-14)21(25)24(3)12-11-16-7-5-6-8-20(16)26-4/h5-10,13H,11-12H2,1-4H3. The fourth-order valence-corrected chi connectivity index (χ4v) is 2.88. The number of methoxy groups -OCH3 is 1. The molecular weight excluding hydrogens is 326 g/mol. The molecule has 1 aromatic heterocycles. The Morgan fingerprint density at radius 1 is 1.04 bits per heavy atom. The first kappa shape index (κ1) is 17.9. The Bertz CT molecular complexity index is 953. The van der Waals surface area contributed by atoms with E-state index in [0.717, 1.165) is 40.2 Å². The van der Waals surface area contributed by atoms with Gasteiger partial charge in [-0.1, -0.05) is 18.2 Å². The van der Waals surface area contributed by atoms with Gasteiger partial charge in [0.1, 0.15) is 5.75 Å². The summed E-state index contributed by atoms with van der Waals surface area (Å²) in [6, 6.07) is 13.4. The van der Waals surface area contributed by atoms with E-state index in [4.69, 9.17) is 4.74 Å². The number of rotatable bonds is 5. The molecule has 0 aliphatic rings. The lowest BCUT2D eigenvalue weighted by Crippen LogP contribution is -2.28. The van der Waals surface area contributed by atoms with Gasteiger partial charge in [-0.2, -0.15) is 0 Å². The molecule has 26 heavy (non-hydrogen) atoms. The summed E-state index contributed by atoms with van der Waals surface area (Å²) in [5.41, 5.74) is 5.05. The van der Waals surface area contributed by atoms with Gasteiger partial charge in [0.25, 0.3) is 5.91 Å². The van der Waals surface area contributed by atoms with E-state index in [1.54, 1.807) is 12.0 Å². The number of hydrogen-bond donors (Lipinski definition) is 0. The molecule has 0 saturated heterocycles. The van der Waals surface area contributed by atoms with Crippen molar-refractivity contribution in [3.63, 3.8) is 0 Å². The lowest BCUT2D eigenvalue weighted by Gasteiger charge is -2.18. The number of aryl methyl sites for hydroxylation is 2. The van der Waals surface area contributed by atoms with Gasteiger partial charge in [0.2, 0.25) is 0 Å². The van der Waals surface area contributed by atoms with Crippen LogP contribution in [0.5, 0.6) is 5.75 Å². The number of aromatic nitrogens is 2. The maximum Gasteiger partial charge on any atom is 0.253 e. The van der Waals surface area contributed by atoms with Crippen molar-refractivity contribution in [3.8, 4) is 5.75 Å². The maximum absolute atomic E-state index is 12.8. The predicted molar refractivity (Wildman–Crippen MR) is 103 cm³/mol. The smallest absolute Gasteiger partial charge is 0.253 e. The summed E-state index contributed by atoms with van der Waals surface area (Å²) in [7, 11) is 3.47. The molecule has 3 rings (SSSR count). The van der Waals surface area contributed by atoms with Crippen molar-refractivity contribution in [3.05, 3.63) is 65.0 Å². The predicted octanol–water partition coefficient (Wildman–Crippen LogP) is 3.57. The fourth-order valence-electron chi connectivity index (χ4n) is 2.88. The molecule has 0 fully saturated rings. The molecule has 0 bridgehead atoms. The van der Waals surface area contributed by atoms with Crippen molar-refractivity contribution in [1.29, 1.82) is 0 Å². The van der Waals surface area contributed by atoms with E-state index >= 15 is 0 Å². The molecule has 0 saturated carbocycles. The second kappa shape index (κ2) is 7.52. The van der Waals surface area contributed by atoms with E-state index in [-0.39, 0.29) is 5.91 Å². The topological polar surface area (TPSA) is 55.3 Å². The zero-order valence-electron chi connectivity index (χ0n) is 15.6. The number of amides is 1. The van der Waals surface area contributed by atoms with Crippen molar-refractivity contribution >= 4 is 16.9 Å². The quantitative estimate of drug-likeness (QED) is 0.707. The van der Waals surface area contributed by atoms with E-state index in [2.05, 4.69) is 9.97 Å². The van der Waals surface area contributed by atoms with Gasteiger partial charge < -0.3 is 9.64 Å². The Morgan fingerprint density at radius 3 is 2.46 bits per heavy atom. The Morgan fingerprint density at radius 2 is 1.73 bits per heavy atom. The van der Waals surface area contributed by atoms with Crippen molar-refractivity contribution in [2.24, 2.45) is 0 Å². The number of benzene rings is 2. The van der Waals surface area contributed by atoms with Crippen LogP contribution in [-0.2, 0) is 6.42 Å². The second-order valence-electron chi connectivity index (χ2n) is 6.39. The van der Waals surface area contributed by atoms with Gasteiger partial charge in [0.15, 0.2) is 0 Å². The SMILES string of the molecule is COc1ccccc1CCN(C)C(=O)c1ccc2nc(C)c(C)nc2c1. The number of likely N-dealkylation sites (N-methyl/N-ethyl adjacent to an activating group) is 1. The van der Waals surface area contributed by atoms with E-state index < -0.39 is 0 Å². The molecule has 0 N–H and O–H groups in total. The van der Waals surface area contributed by atoms with Gasteiger partial charge in [0.05, 0.1) is 29.5 Å². The number of ether oxygens (including phenoxy) is 1. The summed E-state index contributed by atoms with van der Waals surface area (Å²) in [4.78, 5) is 23.5. The van der Waals surface area contributed by atoms with Crippen molar-refractivity contribution in [2.75, 3.05) is 20.7 Å². The van der Waals surface area contributed by atoms with E-state index in [1.165, 1.54) is 0 Å². The molecule has 0 radical (unpaired) electrons. The summed E-state index contributed by atoms with van der Waals surface area (Å²) in [5, 5.41) is 0. The Kier molecular flexibility index (Phi) is 5.16. The molecule has 5 nitrogen and oxygen atoms in total. The molecule has 0 spiro atoms. The van der Waals surface area contributed by atoms with E-state index in [1.807, 2.05) is 63.4 Å². The molecule has 1 amide bonds. The number of carbonyl (C=O) groups is 1. The molecule has 2 aromatic carbocycles. The van der Waals surface area contributed by atoms with Crippen molar-refractivity contribution < 1.29 is 9.53 Å². The second-order valence-corrected chi connectivity index (χ2v) is 6.39. The van der Waals surface area contributed by atoms with E-state index in [9.17, 15) is 4.79 Å². The van der Waals surface area contributed by atoms with Crippen LogP contribution < -0.4 is 4.74 Å². The highest BCUT2D eigenvalue weighted by Crippen LogP contribution is 2.19. The monoisotopic (exact) mass is 349 g/mol. The largest absolute Gasteiger partial charge is 0.496 e. The average Bonchev–Trinajstić information content (AvgIpc) is 2.66. The van der Waals surface area contributed by atoms with Gasteiger partial charge in [-0.05, 0) is 50.1 Å². The van der Waals surface area contributed by atoms with Gasteiger partial charge in [0, 0.05) is 19.2 Å². The van der Waals surface area contributed by atoms with Crippen LogP contribution in [-0.4, -0.2) is 41.5 Å². The zero-order valence-corrected chi connectivity index (χ0v) is 15.6. The Balaban J connectivity index is 1.75. The lowest BCUT2D eigenvalue weighted by molar-refractivity contribution is 0.0796. The van der Waals surface area contributed by atoms with Crippen LogP contribution >= 0.6 is 0 Å². The third kappa shape index (κ3) is 3.67. The number of fused-ring (bicyclic) bond motifs is 1. The molecule has 0 aliphatic carbocycles. The van der Waals surface area contributed by atoms with Crippen LogP contribution in [0, 0.1) is 13.8 Å². The molecule has 0 atom stereocenters. The first-order valence-corrected chi connectivity index (χ1v) is 8.62. The Labute approximate surface area is 153 Å². The molecular formula is C21H23N3O2. The first-order valence-electron chi connectivity index (χ1n) is 8.62. The Hall–Kier alpha value is -2.95. The van der Waals surface area contributed by atoms with Gasteiger partial charge in [-0.3, -0.25) is 4.79 Å². The van der Waals surface area contributed by atoms with Crippen LogP contribution in [0.3, 0.4) is 0 Å². The summed E-state index contributed by atoms with van der Waals surface area (Å²) in [6.45, 7) is 4.47. The third-order valence-electron chi connectivity index (χ3n) is 4.58. The van der Waals surface area contributed by atoms with Crippen molar-refractivity contribution in [2.45, 2.75) is 20.3 Å². The van der Waals surface area contributed by atoms with Crippen LogP contribution in [0.1, 0.15) is 27.3 Å². The first-order chi connectivity index (χ1) is 12.5. The molecule has 3 aromatic rings.